The fourth-order valence-corrected chi connectivity index (χ4v) is 7.64. The standard InChI is InChI=1S/C45H76N4O13/c1-2-34(50)25-26-35(43(57)58)47-39(52)29-27-36(44(59)60)48-40(53)30-28-37(45(61)62)49-42(56)33-23-21-32(22-24-33)31-46-38(51)19-17-15-13-11-9-7-5-3-4-6-8-10-12-14-16-18-20-41(54)55/h32-33,35-37H,2-31H2,1H3,(H,46,51)(H,47,52)(H,48,53)(H,49,56)(H,54,55)(H,57,58)(H,59,60)(H,61,62)/t32?,33?,35-,36-,37-/m0/s1. The molecule has 354 valence electrons. The number of nitrogens with one attached hydrogen (secondary N) is 4. The zero-order chi connectivity index (χ0) is 46.1. The first-order valence-corrected chi connectivity index (χ1v) is 23.2. The highest BCUT2D eigenvalue weighted by molar-refractivity contribution is 5.88. The van der Waals surface area contributed by atoms with Gasteiger partial charge in [0.1, 0.15) is 23.9 Å². The second-order valence-electron chi connectivity index (χ2n) is 16.9. The second-order valence-corrected chi connectivity index (χ2v) is 16.9. The van der Waals surface area contributed by atoms with E-state index in [0.29, 0.717) is 38.6 Å². The molecule has 1 fully saturated rings. The summed E-state index contributed by atoms with van der Waals surface area (Å²) in [5, 5.41) is 47.3. The van der Waals surface area contributed by atoms with Crippen molar-refractivity contribution >= 4 is 53.3 Å². The zero-order valence-electron chi connectivity index (χ0n) is 37.1. The highest BCUT2D eigenvalue weighted by Crippen LogP contribution is 2.29. The molecule has 0 heterocycles. The van der Waals surface area contributed by atoms with Gasteiger partial charge < -0.3 is 41.7 Å². The Morgan fingerprint density at radius 2 is 0.823 bits per heavy atom. The molecule has 0 radical (unpaired) electrons. The number of carboxylic acids is 4. The van der Waals surface area contributed by atoms with Gasteiger partial charge in [-0.05, 0) is 63.7 Å². The van der Waals surface area contributed by atoms with E-state index >= 15 is 0 Å². The lowest BCUT2D eigenvalue weighted by molar-refractivity contribution is -0.144. The predicted octanol–water partition coefficient (Wildman–Crippen LogP) is 6.04. The van der Waals surface area contributed by atoms with Gasteiger partial charge in [0.2, 0.25) is 23.6 Å². The topological polar surface area (TPSA) is 283 Å². The SMILES string of the molecule is CCC(=O)CC[C@H](NC(=O)CC[C@H](NC(=O)CC[C@H](NC(=O)C1CCC(CNC(=O)CCCCCCCCCCCCCCCCCCC(=O)O)CC1)C(=O)O)C(=O)O)C(=O)O. The number of unbranched alkanes of at least 4 members (excludes halogenated alkanes) is 15. The molecule has 1 aliphatic carbocycles. The van der Waals surface area contributed by atoms with Crippen LogP contribution in [0.3, 0.4) is 0 Å². The minimum atomic E-state index is -1.51. The number of carboxylic acid groups (broad SMARTS) is 4. The normalized spacial score (nSPS) is 16.3. The molecule has 8 N–H and O–H groups in total. The minimum absolute atomic E-state index is 0.0262. The summed E-state index contributed by atoms with van der Waals surface area (Å²) >= 11 is 0. The van der Waals surface area contributed by atoms with E-state index in [1.165, 1.54) is 64.2 Å². The Balaban J connectivity index is 2.22. The summed E-state index contributed by atoms with van der Waals surface area (Å²) in [6.07, 6.45) is 20.2. The van der Waals surface area contributed by atoms with E-state index in [-0.39, 0.29) is 56.1 Å². The van der Waals surface area contributed by atoms with Crippen LogP contribution in [0.2, 0.25) is 0 Å². The molecule has 0 aromatic carbocycles. The van der Waals surface area contributed by atoms with Gasteiger partial charge in [0, 0.05) is 51.0 Å². The van der Waals surface area contributed by atoms with Crippen LogP contribution in [-0.4, -0.2) is 98.4 Å². The number of Topliss-reactive ketones (excluding diaryl/α,β-unsaturated/α-hetero) is 1. The molecule has 1 aliphatic rings. The highest BCUT2D eigenvalue weighted by Gasteiger charge is 2.30. The molecule has 3 atom stereocenters. The maximum Gasteiger partial charge on any atom is 0.326 e. The zero-order valence-corrected chi connectivity index (χ0v) is 37.1. The van der Waals surface area contributed by atoms with Crippen molar-refractivity contribution in [3.63, 3.8) is 0 Å². The predicted molar refractivity (Wildman–Crippen MR) is 231 cm³/mol. The van der Waals surface area contributed by atoms with Crippen LogP contribution >= 0.6 is 0 Å². The van der Waals surface area contributed by atoms with Crippen molar-refractivity contribution in [1.29, 1.82) is 0 Å². The number of aliphatic carboxylic acids is 4. The van der Waals surface area contributed by atoms with Gasteiger partial charge in [-0.15, -0.1) is 0 Å². The van der Waals surface area contributed by atoms with E-state index in [9.17, 15) is 58.5 Å². The summed E-state index contributed by atoms with van der Waals surface area (Å²) in [5.41, 5.74) is 0. The number of ketones is 1. The third kappa shape index (κ3) is 28.1. The molecule has 0 aromatic heterocycles. The second kappa shape index (κ2) is 34.0. The Labute approximate surface area is 367 Å². The first kappa shape index (κ1) is 55.4. The van der Waals surface area contributed by atoms with Crippen LogP contribution in [-0.2, 0) is 43.2 Å². The van der Waals surface area contributed by atoms with Gasteiger partial charge in [-0.2, -0.15) is 0 Å². The quantitative estimate of drug-likeness (QED) is 0.0329. The molecule has 0 bridgehead atoms. The van der Waals surface area contributed by atoms with Crippen molar-refractivity contribution in [3.05, 3.63) is 0 Å². The molecule has 0 aliphatic heterocycles. The molecule has 17 heteroatoms. The Bertz CT molecular complexity index is 1400. The number of carbonyl (C=O) groups excluding carboxylic acids is 5. The van der Waals surface area contributed by atoms with Crippen molar-refractivity contribution in [3.8, 4) is 0 Å². The Morgan fingerprint density at radius 1 is 0.452 bits per heavy atom. The lowest BCUT2D eigenvalue weighted by Crippen LogP contribution is -2.46. The third-order valence-electron chi connectivity index (χ3n) is 11.7. The van der Waals surface area contributed by atoms with Crippen LogP contribution in [0.1, 0.15) is 193 Å². The smallest absolute Gasteiger partial charge is 0.326 e. The van der Waals surface area contributed by atoms with Crippen molar-refractivity contribution < 1.29 is 63.6 Å². The van der Waals surface area contributed by atoms with Crippen molar-refractivity contribution in [1.82, 2.24) is 21.3 Å². The average Bonchev–Trinajstić information content (AvgIpc) is 3.23. The maximum atomic E-state index is 13.0. The number of hydrogen-bond acceptors (Lipinski definition) is 9. The van der Waals surface area contributed by atoms with E-state index in [1.54, 1.807) is 6.92 Å². The summed E-state index contributed by atoms with van der Waals surface area (Å²) in [4.78, 5) is 108. The lowest BCUT2D eigenvalue weighted by Gasteiger charge is -2.28. The molecule has 0 saturated heterocycles. The Kier molecular flexibility index (Phi) is 30.4. The molecule has 0 unspecified atom stereocenters. The molecule has 1 rings (SSSR count). The fourth-order valence-electron chi connectivity index (χ4n) is 7.64. The molecule has 4 amide bonds. The highest BCUT2D eigenvalue weighted by atomic mass is 16.4. The van der Waals surface area contributed by atoms with Crippen LogP contribution in [0.25, 0.3) is 0 Å². The van der Waals surface area contributed by atoms with E-state index < -0.39 is 78.5 Å². The first-order valence-electron chi connectivity index (χ1n) is 23.2. The van der Waals surface area contributed by atoms with Crippen molar-refractivity contribution in [2.24, 2.45) is 11.8 Å². The monoisotopic (exact) mass is 881 g/mol. The van der Waals surface area contributed by atoms with E-state index in [2.05, 4.69) is 21.3 Å². The maximum absolute atomic E-state index is 13.0. The van der Waals surface area contributed by atoms with Crippen LogP contribution in [0.5, 0.6) is 0 Å². The molecule has 0 spiro atoms. The van der Waals surface area contributed by atoms with E-state index in [4.69, 9.17) is 5.11 Å². The van der Waals surface area contributed by atoms with Crippen LogP contribution in [0.15, 0.2) is 0 Å². The summed E-state index contributed by atoms with van der Waals surface area (Å²) in [5.74, 6) is -7.22. The first-order chi connectivity index (χ1) is 29.6. The van der Waals surface area contributed by atoms with Gasteiger partial charge >= 0.3 is 23.9 Å². The Hall–Kier alpha value is -4.57. The van der Waals surface area contributed by atoms with Gasteiger partial charge in [0.05, 0.1) is 0 Å². The number of rotatable bonds is 38. The molecule has 1 saturated carbocycles. The third-order valence-corrected chi connectivity index (χ3v) is 11.7. The largest absolute Gasteiger partial charge is 0.481 e. The number of carbonyl (C=O) groups is 9. The Morgan fingerprint density at radius 3 is 1.21 bits per heavy atom. The van der Waals surface area contributed by atoms with E-state index in [0.717, 1.165) is 38.5 Å². The lowest BCUT2D eigenvalue weighted by atomic mass is 9.81. The van der Waals surface area contributed by atoms with Gasteiger partial charge in [-0.3, -0.25) is 28.8 Å². The molecule has 62 heavy (non-hydrogen) atoms. The molecular formula is C45H76N4O13. The van der Waals surface area contributed by atoms with Gasteiger partial charge in [-0.1, -0.05) is 96.8 Å². The van der Waals surface area contributed by atoms with Crippen LogP contribution in [0, 0.1) is 11.8 Å². The molecule has 17 nitrogen and oxygen atoms in total. The summed E-state index contributed by atoms with van der Waals surface area (Å²) in [6.45, 7) is 2.16. The average molecular weight is 881 g/mol. The van der Waals surface area contributed by atoms with Crippen LogP contribution in [0.4, 0.5) is 0 Å². The minimum Gasteiger partial charge on any atom is -0.481 e. The van der Waals surface area contributed by atoms with Gasteiger partial charge in [0.25, 0.3) is 0 Å². The van der Waals surface area contributed by atoms with Gasteiger partial charge in [0.15, 0.2) is 0 Å². The summed E-state index contributed by atoms with van der Waals surface area (Å²) in [7, 11) is 0. The number of amides is 4. The number of hydrogen-bond donors (Lipinski definition) is 8. The van der Waals surface area contributed by atoms with Gasteiger partial charge in [-0.25, -0.2) is 14.4 Å². The molecule has 0 aromatic rings. The van der Waals surface area contributed by atoms with E-state index in [1.807, 2.05) is 0 Å². The molecular weight excluding hydrogens is 805 g/mol. The fraction of sp³-hybridized carbons (Fsp3) is 0.800. The van der Waals surface area contributed by atoms with Crippen LogP contribution < -0.4 is 21.3 Å². The summed E-state index contributed by atoms with van der Waals surface area (Å²) in [6, 6.07) is -4.24. The summed E-state index contributed by atoms with van der Waals surface area (Å²) < 4.78 is 0. The van der Waals surface area contributed by atoms with Crippen molar-refractivity contribution in [2.45, 2.75) is 211 Å². The van der Waals surface area contributed by atoms with Crippen molar-refractivity contribution in [2.75, 3.05) is 6.54 Å².